The molecule has 2 aromatic heterocycles. The summed E-state index contributed by atoms with van der Waals surface area (Å²) in [6, 6.07) is 2.94. The predicted octanol–water partition coefficient (Wildman–Crippen LogP) is 2.91. The van der Waals surface area contributed by atoms with Crippen molar-refractivity contribution in [3.8, 4) is 11.4 Å². The first-order valence-electron chi connectivity index (χ1n) is 6.06. The number of H-pyrrole nitrogens is 1. The van der Waals surface area contributed by atoms with Crippen LogP contribution in [0.3, 0.4) is 0 Å². The van der Waals surface area contributed by atoms with E-state index in [0.29, 0.717) is 5.02 Å². The summed E-state index contributed by atoms with van der Waals surface area (Å²) in [4.78, 5) is 15.8. The fraction of sp³-hybridized carbons (Fsp3) is 0. The standard InChI is InChI=1S/C12H7Cl3N6O2/c13-5-1-6(14)10(7(15)2-5)21-3-8(22)9(20-21)11(23)18-12-16-4-17-19-12/h1-4,22H,(H2,16,17,18,19,23). The molecule has 0 radical (unpaired) electrons. The minimum atomic E-state index is -0.681. The smallest absolute Gasteiger partial charge is 0.282 e. The molecule has 8 nitrogen and oxygen atoms in total. The van der Waals surface area contributed by atoms with Crippen molar-refractivity contribution in [3.05, 3.63) is 45.4 Å². The highest BCUT2D eigenvalue weighted by Gasteiger charge is 2.20. The van der Waals surface area contributed by atoms with Gasteiger partial charge in [-0.25, -0.2) is 9.78 Å². The molecule has 3 aromatic rings. The number of carbonyl (C=O) groups is 1. The molecule has 0 saturated heterocycles. The van der Waals surface area contributed by atoms with E-state index in [-0.39, 0.29) is 33.1 Å². The van der Waals surface area contributed by atoms with Gasteiger partial charge in [-0.15, -0.1) is 0 Å². The number of halogens is 3. The molecule has 3 N–H and O–H groups in total. The maximum Gasteiger partial charge on any atom is 0.282 e. The average Bonchev–Trinajstić information content (AvgIpc) is 3.07. The van der Waals surface area contributed by atoms with E-state index in [4.69, 9.17) is 34.8 Å². The molecule has 0 atom stereocenters. The highest BCUT2D eigenvalue weighted by Crippen LogP contribution is 2.33. The lowest BCUT2D eigenvalue weighted by Crippen LogP contribution is -2.14. The van der Waals surface area contributed by atoms with Crippen LogP contribution < -0.4 is 5.32 Å². The summed E-state index contributed by atoms with van der Waals surface area (Å²) in [5, 5.41) is 23.1. The Kier molecular flexibility index (Phi) is 4.12. The molecule has 2 heterocycles. The van der Waals surface area contributed by atoms with E-state index < -0.39 is 5.91 Å². The molecule has 3 rings (SSSR count). The summed E-state index contributed by atoms with van der Waals surface area (Å²) in [6.07, 6.45) is 2.43. The van der Waals surface area contributed by atoms with Crippen molar-refractivity contribution in [2.24, 2.45) is 0 Å². The van der Waals surface area contributed by atoms with Gasteiger partial charge in [-0.2, -0.15) is 15.2 Å². The number of amides is 1. The monoisotopic (exact) mass is 372 g/mol. The van der Waals surface area contributed by atoms with Gasteiger partial charge in [0.2, 0.25) is 5.95 Å². The van der Waals surface area contributed by atoms with Crippen LogP contribution in [0.15, 0.2) is 24.7 Å². The van der Waals surface area contributed by atoms with E-state index >= 15 is 0 Å². The lowest BCUT2D eigenvalue weighted by Gasteiger charge is -2.07. The number of aromatic nitrogens is 5. The number of aromatic amines is 1. The van der Waals surface area contributed by atoms with Gasteiger partial charge in [0.05, 0.1) is 16.2 Å². The maximum atomic E-state index is 12.1. The van der Waals surface area contributed by atoms with Crippen LogP contribution in [0.4, 0.5) is 5.95 Å². The van der Waals surface area contributed by atoms with Gasteiger partial charge in [-0.1, -0.05) is 34.8 Å². The minimum Gasteiger partial charge on any atom is -0.504 e. The number of benzene rings is 1. The van der Waals surface area contributed by atoms with Gasteiger partial charge in [-0.05, 0) is 12.1 Å². The van der Waals surface area contributed by atoms with Gasteiger partial charge in [0.25, 0.3) is 5.91 Å². The number of hydrogen-bond donors (Lipinski definition) is 3. The molecule has 23 heavy (non-hydrogen) atoms. The summed E-state index contributed by atoms with van der Waals surface area (Å²) in [6.45, 7) is 0. The first-order chi connectivity index (χ1) is 11.0. The lowest BCUT2D eigenvalue weighted by molar-refractivity contribution is 0.101. The molecule has 0 fully saturated rings. The molecule has 0 aliphatic rings. The van der Waals surface area contributed by atoms with Gasteiger partial charge in [-0.3, -0.25) is 10.1 Å². The molecule has 11 heteroatoms. The summed E-state index contributed by atoms with van der Waals surface area (Å²) in [5.74, 6) is -0.921. The van der Waals surface area contributed by atoms with Crippen LogP contribution in [0.1, 0.15) is 10.5 Å². The van der Waals surface area contributed by atoms with Crippen LogP contribution in [0.2, 0.25) is 15.1 Å². The third-order valence-corrected chi connectivity index (χ3v) is 3.56. The Morgan fingerprint density at radius 3 is 2.57 bits per heavy atom. The number of carbonyl (C=O) groups excluding carboxylic acids is 1. The minimum absolute atomic E-state index is 0.117. The zero-order valence-corrected chi connectivity index (χ0v) is 13.4. The van der Waals surface area contributed by atoms with Crippen molar-refractivity contribution >= 4 is 46.7 Å². The summed E-state index contributed by atoms with van der Waals surface area (Å²) in [5.41, 5.74) is 0.0511. The van der Waals surface area contributed by atoms with Gasteiger partial charge < -0.3 is 5.11 Å². The first kappa shape index (κ1) is 15.6. The molecule has 0 bridgehead atoms. The number of hydrogen-bond acceptors (Lipinski definition) is 5. The molecule has 0 aliphatic heterocycles. The Morgan fingerprint density at radius 1 is 1.26 bits per heavy atom. The third-order valence-electron chi connectivity index (χ3n) is 2.77. The number of rotatable bonds is 3. The molecule has 118 valence electrons. The Balaban J connectivity index is 1.97. The lowest BCUT2D eigenvalue weighted by atomic mass is 10.3. The van der Waals surface area contributed by atoms with E-state index in [1.807, 2.05) is 0 Å². The molecule has 0 aliphatic carbocycles. The summed E-state index contributed by atoms with van der Waals surface area (Å²) < 4.78 is 1.19. The Bertz CT molecular complexity index is 854. The molecule has 1 aromatic carbocycles. The zero-order chi connectivity index (χ0) is 16.6. The average molecular weight is 374 g/mol. The summed E-state index contributed by atoms with van der Waals surface area (Å²) in [7, 11) is 0. The van der Waals surface area contributed by atoms with Gasteiger partial charge >= 0.3 is 0 Å². The molecular weight excluding hydrogens is 367 g/mol. The molecule has 0 spiro atoms. The quantitative estimate of drug-likeness (QED) is 0.654. The molecule has 1 amide bonds. The van der Waals surface area contributed by atoms with E-state index in [1.165, 1.54) is 29.3 Å². The van der Waals surface area contributed by atoms with Crippen LogP contribution in [0.25, 0.3) is 5.69 Å². The number of aromatic hydroxyl groups is 1. The highest BCUT2D eigenvalue weighted by molar-refractivity contribution is 6.40. The van der Waals surface area contributed by atoms with E-state index in [1.54, 1.807) is 0 Å². The second-order valence-electron chi connectivity index (χ2n) is 4.31. The van der Waals surface area contributed by atoms with Crippen LogP contribution in [-0.2, 0) is 0 Å². The normalized spacial score (nSPS) is 10.7. The van der Waals surface area contributed by atoms with Crippen LogP contribution in [0.5, 0.6) is 5.75 Å². The van der Waals surface area contributed by atoms with Crippen molar-refractivity contribution in [2.45, 2.75) is 0 Å². The first-order valence-corrected chi connectivity index (χ1v) is 7.19. The van der Waals surface area contributed by atoms with E-state index in [2.05, 4.69) is 25.6 Å². The number of nitrogens with zero attached hydrogens (tertiary/aromatic N) is 4. The molecular formula is C12H7Cl3N6O2. The maximum absolute atomic E-state index is 12.1. The fourth-order valence-electron chi connectivity index (χ4n) is 1.83. The van der Waals surface area contributed by atoms with E-state index in [0.717, 1.165) is 0 Å². The Morgan fingerprint density at radius 2 is 1.96 bits per heavy atom. The fourth-order valence-corrected chi connectivity index (χ4v) is 2.82. The van der Waals surface area contributed by atoms with Crippen LogP contribution in [-0.4, -0.2) is 36.0 Å². The predicted molar refractivity (Wildman–Crippen MR) is 84.6 cm³/mol. The van der Waals surface area contributed by atoms with Crippen LogP contribution in [0, 0.1) is 0 Å². The zero-order valence-electron chi connectivity index (χ0n) is 11.1. The largest absolute Gasteiger partial charge is 0.504 e. The van der Waals surface area contributed by atoms with Crippen molar-refractivity contribution < 1.29 is 9.90 Å². The van der Waals surface area contributed by atoms with Crippen molar-refractivity contribution in [1.29, 1.82) is 0 Å². The Labute approximate surface area is 144 Å². The topological polar surface area (TPSA) is 109 Å². The van der Waals surface area contributed by atoms with Gasteiger partial charge in [0.1, 0.15) is 12.0 Å². The SMILES string of the molecule is O=C(Nc1ncn[nH]1)c1nn(-c2c(Cl)cc(Cl)cc2Cl)cc1O. The van der Waals surface area contributed by atoms with Gasteiger partial charge in [0, 0.05) is 5.02 Å². The highest BCUT2D eigenvalue weighted by atomic mass is 35.5. The van der Waals surface area contributed by atoms with Crippen LogP contribution >= 0.6 is 34.8 Å². The number of anilines is 1. The number of nitrogens with one attached hydrogen (secondary N) is 2. The summed E-state index contributed by atoms with van der Waals surface area (Å²) >= 11 is 18.0. The van der Waals surface area contributed by atoms with Gasteiger partial charge in [0.15, 0.2) is 11.4 Å². The molecule has 0 unspecified atom stereocenters. The van der Waals surface area contributed by atoms with Crippen molar-refractivity contribution in [2.75, 3.05) is 5.32 Å². The second-order valence-corrected chi connectivity index (χ2v) is 5.56. The van der Waals surface area contributed by atoms with Crippen molar-refractivity contribution in [1.82, 2.24) is 25.0 Å². The third kappa shape index (κ3) is 3.09. The Hall–Kier alpha value is -2.29. The van der Waals surface area contributed by atoms with E-state index in [9.17, 15) is 9.90 Å². The van der Waals surface area contributed by atoms with Crippen molar-refractivity contribution in [3.63, 3.8) is 0 Å². The molecule has 0 saturated carbocycles. The second kappa shape index (κ2) is 6.07.